The average molecular weight is 261 g/mol. The highest BCUT2D eigenvalue weighted by molar-refractivity contribution is 5.66. The fraction of sp³-hybridized carbons (Fsp3) is 0.250. The lowest BCUT2D eigenvalue weighted by Crippen LogP contribution is -2.38. The Morgan fingerprint density at radius 3 is 2.63 bits per heavy atom. The van der Waals surface area contributed by atoms with E-state index in [9.17, 15) is 4.79 Å². The van der Waals surface area contributed by atoms with Gasteiger partial charge < -0.3 is 9.84 Å². The van der Waals surface area contributed by atoms with Gasteiger partial charge in [-0.3, -0.25) is 4.79 Å². The summed E-state index contributed by atoms with van der Waals surface area (Å²) >= 11 is 0. The molecule has 0 fully saturated rings. The maximum Gasteiger partial charge on any atom is 0.309 e. The third-order valence-corrected chi connectivity index (χ3v) is 2.45. The van der Waals surface area contributed by atoms with Crippen LogP contribution >= 0.6 is 0 Å². The van der Waals surface area contributed by atoms with E-state index in [0.717, 1.165) is 5.56 Å². The van der Waals surface area contributed by atoms with Gasteiger partial charge in [0, 0.05) is 11.6 Å². The van der Waals surface area contributed by atoms with E-state index in [1.165, 1.54) is 0 Å². The van der Waals surface area contributed by atoms with Crippen molar-refractivity contribution in [1.29, 1.82) is 0 Å². The lowest BCUT2D eigenvalue weighted by atomic mass is 10.3. The van der Waals surface area contributed by atoms with Crippen LogP contribution in [0.25, 0.3) is 11.4 Å². The van der Waals surface area contributed by atoms with E-state index in [0.29, 0.717) is 18.1 Å². The molecule has 0 aliphatic heterocycles. The van der Waals surface area contributed by atoms with Crippen LogP contribution in [-0.2, 0) is 11.3 Å². The van der Waals surface area contributed by atoms with Gasteiger partial charge in [-0.25, -0.2) is 9.97 Å². The molecule has 0 aliphatic carbocycles. The highest BCUT2D eigenvalue weighted by Gasteiger charge is 2.08. The van der Waals surface area contributed by atoms with Crippen LogP contribution in [0.5, 0.6) is 5.75 Å². The van der Waals surface area contributed by atoms with E-state index < -0.39 is 5.97 Å². The summed E-state index contributed by atoms with van der Waals surface area (Å²) in [6.07, 6.45) is 6.49. The van der Waals surface area contributed by atoms with Crippen LogP contribution in [0, 0.1) is 0 Å². The summed E-state index contributed by atoms with van der Waals surface area (Å²) in [7, 11) is 1.55. The van der Waals surface area contributed by atoms with Crippen molar-refractivity contribution in [2.24, 2.45) is 0 Å². The van der Waals surface area contributed by atoms with Gasteiger partial charge in [-0.05, 0) is 5.10 Å². The first-order chi connectivity index (χ1) is 9.19. The molecule has 0 radical (unpaired) electrons. The molecule has 0 unspecified atom stereocenters. The molecule has 0 bridgehead atoms. The fourth-order valence-corrected chi connectivity index (χ4v) is 1.43. The van der Waals surface area contributed by atoms with Gasteiger partial charge in [-0.1, -0.05) is 4.68 Å². The topological polar surface area (TPSA) is 89.1 Å². The van der Waals surface area contributed by atoms with Crippen LogP contribution in [0.2, 0.25) is 0 Å². The Kier molecular flexibility index (Phi) is 3.97. The minimum Gasteiger partial charge on any atom is -0.494 e. The third-order valence-electron chi connectivity index (χ3n) is 2.45. The SMILES string of the molecule is COc1cnc(-c2cc[n+](CCC(=O)O)nc2)nc1. The molecule has 1 N–H and O–H groups in total. The van der Waals surface area contributed by atoms with E-state index in [1.54, 1.807) is 42.6 Å². The van der Waals surface area contributed by atoms with Crippen molar-refractivity contribution in [3.8, 4) is 17.1 Å². The van der Waals surface area contributed by atoms with E-state index >= 15 is 0 Å². The maximum absolute atomic E-state index is 10.4. The Morgan fingerprint density at radius 1 is 1.37 bits per heavy atom. The first-order valence-electron chi connectivity index (χ1n) is 5.63. The number of hydrogen-bond donors (Lipinski definition) is 1. The Bertz CT molecular complexity index is 554. The van der Waals surface area contributed by atoms with E-state index in [4.69, 9.17) is 9.84 Å². The van der Waals surface area contributed by atoms with Gasteiger partial charge >= 0.3 is 5.97 Å². The van der Waals surface area contributed by atoms with Gasteiger partial charge in [0.25, 0.3) is 0 Å². The smallest absolute Gasteiger partial charge is 0.309 e. The largest absolute Gasteiger partial charge is 0.494 e. The molecular formula is C12H13N4O3+. The summed E-state index contributed by atoms with van der Waals surface area (Å²) in [5, 5.41) is 12.7. The molecule has 0 saturated carbocycles. The van der Waals surface area contributed by atoms with Crippen molar-refractivity contribution in [3.63, 3.8) is 0 Å². The van der Waals surface area contributed by atoms with E-state index in [-0.39, 0.29) is 6.42 Å². The molecule has 98 valence electrons. The maximum atomic E-state index is 10.4. The summed E-state index contributed by atoms with van der Waals surface area (Å²) in [5.74, 6) is 0.278. The zero-order valence-corrected chi connectivity index (χ0v) is 10.4. The highest BCUT2D eigenvalue weighted by Crippen LogP contribution is 2.13. The van der Waals surface area contributed by atoms with Crippen molar-refractivity contribution >= 4 is 5.97 Å². The number of aryl methyl sites for hydroxylation is 1. The molecule has 0 aliphatic rings. The molecule has 2 rings (SSSR count). The zero-order valence-electron chi connectivity index (χ0n) is 10.4. The molecule has 0 amide bonds. The number of ether oxygens (including phenoxy) is 1. The van der Waals surface area contributed by atoms with Gasteiger partial charge in [0.15, 0.2) is 24.3 Å². The second kappa shape index (κ2) is 5.85. The molecule has 2 aromatic rings. The first kappa shape index (κ1) is 12.9. The lowest BCUT2D eigenvalue weighted by molar-refractivity contribution is -0.752. The predicted octanol–water partition coefficient (Wildman–Crippen LogP) is 0.309. The number of nitrogens with zero attached hydrogens (tertiary/aromatic N) is 4. The number of carbonyl (C=O) groups is 1. The van der Waals surface area contributed by atoms with Gasteiger partial charge in [0.05, 0.1) is 19.5 Å². The van der Waals surface area contributed by atoms with Crippen LogP contribution in [0.1, 0.15) is 6.42 Å². The monoisotopic (exact) mass is 261 g/mol. The van der Waals surface area contributed by atoms with Crippen molar-refractivity contribution in [2.75, 3.05) is 7.11 Å². The first-order valence-corrected chi connectivity index (χ1v) is 5.63. The van der Waals surface area contributed by atoms with Crippen LogP contribution in [-0.4, -0.2) is 33.3 Å². The third kappa shape index (κ3) is 3.44. The van der Waals surface area contributed by atoms with Crippen molar-refractivity contribution in [1.82, 2.24) is 15.1 Å². The average Bonchev–Trinajstić information content (AvgIpc) is 2.46. The van der Waals surface area contributed by atoms with Crippen molar-refractivity contribution < 1.29 is 19.3 Å². The minimum absolute atomic E-state index is 0.0377. The van der Waals surface area contributed by atoms with Gasteiger partial charge in [-0.2, -0.15) is 0 Å². The van der Waals surface area contributed by atoms with E-state index in [2.05, 4.69) is 15.1 Å². The number of aromatic nitrogens is 4. The summed E-state index contributed by atoms with van der Waals surface area (Å²) in [5.41, 5.74) is 0.759. The zero-order chi connectivity index (χ0) is 13.7. The summed E-state index contributed by atoms with van der Waals surface area (Å²) < 4.78 is 6.53. The van der Waals surface area contributed by atoms with Crippen LogP contribution in [0.15, 0.2) is 30.9 Å². The Labute approximate surface area is 109 Å². The highest BCUT2D eigenvalue weighted by atomic mass is 16.5. The normalized spacial score (nSPS) is 10.2. The molecule has 2 heterocycles. The van der Waals surface area contributed by atoms with Crippen LogP contribution in [0.4, 0.5) is 0 Å². The Balaban J connectivity index is 2.10. The second-order valence-electron chi connectivity index (χ2n) is 3.77. The van der Waals surface area contributed by atoms with Gasteiger partial charge in [-0.15, -0.1) is 0 Å². The van der Waals surface area contributed by atoms with Crippen molar-refractivity contribution in [3.05, 3.63) is 30.9 Å². The number of rotatable bonds is 5. The molecule has 7 heteroatoms. The standard InChI is InChI=1S/C12H12N4O3/c1-19-10-7-13-12(14-8-10)9-2-4-16(15-6-9)5-3-11(17)18/h2,4,6-8H,3,5H2,1H3/p+1. The molecule has 19 heavy (non-hydrogen) atoms. The number of carboxylic acid groups (broad SMARTS) is 1. The predicted molar refractivity (Wildman–Crippen MR) is 64.3 cm³/mol. The Hall–Kier alpha value is -2.57. The lowest BCUT2D eigenvalue weighted by Gasteiger charge is -2.00. The van der Waals surface area contributed by atoms with Crippen LogP contribution < -0.4 is 9.42 Å². The van der Waals surface area contributed by atoms with Gasteiger partial charge in [0.2, 0.25) is 0 Å². The molecule has 2 aromatic heterocycles. The minimum atomic E-state index is -0.850. The van der Waals surface area contributed by atoms with E-state index in [1.807, 2.05) is 0 Å². The molecule has 0 spiro atoms. The second-order valence-corrected chi connectivity index (χ2v) is 3.77. The molecule has 7 nitrogen and oxygen atoms in total. The number of hydrogen-bond acceptors (Lipinski definition) is 5. The van der Waals surface area contributed by atoms with Gasteiger partial charge in [0.1, 0.15) is 12.6 Å². The summed E-state index contributed by atoms with van der Waals surface area (Å²) in [6, 6.07) is 1.79. The number of methoxy groups -OCH3 is 1. The van der Waals surface area contributed by atoms with Crippen LogP contribution in [0.3, 0.4) is 0 Å². The van der Waals surface area contributed by atoms with Crippen molar-refractivity contribution in [2.45, 2.75) is 13.0 Å². The quantitative estimate of drug-likeness (QED) is 0.779. The fourth-order valence-electron chi connectivity index (χ4n) is 1.43. The molecule has 0 saturated heterocycles. The molecule has 0 aromatic carbocycles. The number of carboxylic acids is 1. The molecule has 0 atom stereocenters. The molecular weight excluding hydrogens is 248 g/mol. The number of aliphatic carboxylic acids is 1. The summed E-state index contributed by atoms with van der Waals surface area (Å²) in [6.45, 7) is 0.332. The summed E-state index contributed by atoms with van der Waals surface area (Å²) in [4.78, 5) is 18.7. The Morgan fingerprint density at radius 2 is 2.11 bits per heavy atom.